The number of amides is 1. The van der Waals surface area contributed by atoms with Crippen LogP contribution in [0.4, 0.5) is 33.1 Å². The standard InChI is InChI=1S/C34H38FN7O3/c1-3-7-28(41-14-18-44-19-15-41)10-6-13-36-30-24-37-34(40-33(30)25-8-5-9-26(22-25)38-32(43)4-2)39-27-11-12-29(35)31(23-27)42-16-20-45-21-17-42/h3-12,22-24,36H,1-2,13-21H2,(H,38,43)(H,37,39,40)/b10-6-,28-7+. The molecule has 0 aliphatic carbocycles. The van der Waals surface area contributed by atoms with E-state index >= 15 is 0 Å². The van der Waals surface area contributed by atoms with Crippen molar-refractivity contribution in [2.75, 3.05) is 80.0 Å². The Morgan fingerprint density at radius 2 is 1.78 bits per heavy atom. The first-order chi connectivity index (χ1) is 22.0. The number of hydrogen-bond donors (Lipinski definition) is 3. The van der Waals surface area contributed by atoms with Gasteiger partial charge in [-0.2, -0.15) is 0 Å². The summed E-state index contributed by atoms with van der Waals surface area (Å²) in [5.41, 5.74) is 4.92. The minimum absolute atomic E-state index is 0.297. The predicted octanol–water partition coefficient (Wildman–Crippen LogP) is 5.36. The number of carbonyl (C=O) groups excluding carboxylic acids is 1. The molecule has 2 aliphatic heterocycles. The van der Waals surface area contributed by atoms with Gasteiger partial charge in [0, 0.05) is 55.4 Å². The van der Waals surface area contributed by atoms with Crippen LogP contribution in [0.1, 0.15) is 0 Å². The first kappa shape index (κ1) is 31.4. The zero-order valence-corrected chi connectivity index (χ0v) is 25.2. The summed E-state index contributed by atoms with van der Waals surface area (Å²) in [5, 5.41) is 9.46. The van der Waals surface area contributed by atoms with Gasteiger partial charge in [-0.05, 0) is 48.6 Å². The molecule has 2 saturated heterocycles. The van der Waals surface area contributed by atoms with Crippen LogP contribution in [0.15, 0.2) is 97.9 Å². The summed E-state index contributed by atoms with van der Waals surface area (Å²) in [6.07, 6.45) is 10.8. The van der Waals surface area contributed by atoms with Gasteiger partial charge in [-0.15, -0.1) is 0 Å². The van der Waals surface area contributed by atoms with Gasteiger partial charge in [0.05, 0.1) is 49.7 Å². The van der Waals surface area contributed by atoms with Crippen molar-refractivity contribution in [2.24, 2.45) is 0 Å². The van der Waals surface area contributed by atoms with Crippen molar-refractivity contribution in [3.8, 4) is 11.3 Å². The van der Waals surface area contributed by atoms with Gasteiger partial charge < -0.3 is 35.2 Å². The summed E-state index contributed by atoms with van der Waals surface area (Å²) in [6.45, 7) is 13.3. The van der Waals surface area contributed by atoms with Crippen molar-refractivity contribution in [1.29, 1.82) is 0 Å². The van der Waals surface area contributed by atoms with Crippen LogP contribution in [0.2, 0.25) is 0 Å². The molecule has 3 N–H and O–H groups in total. The molecule has 10 nitrogen and oxygen atoms in total. The largest absolute Gasteiger partial charge is 0.379 e. The lowest BCUT2D eigenvalue weighted by atomic mass is 10.1. The number of nitrogens with zero attached hydrogens (tertiary/aromatic N) is 4. The SMILES string of the molecule is C=C/C=C(\C=C/CNc1cnc(Nc2ccc(F)c(N3CCOCC3)c2)nc1-c1cccc(NC(=O)C=C)c1)N1CCOCC1. The normalized spacial score (nSPS) is 15.5. The van der Waals surface area contributed by atoms with E-state index in [1.165, 1.54) is 12.1 Å². The fraction of sp³-hybridized carbons (Fsp3) is 0.265. The van der Waals surface area contributed by atoms with E-state index in [2.05, 4.69) is 45.1 Å². The molecule has 11 heteroatoms. The summed E-state index contributed by atoms with van der Waals surface area (Å²) in [7, 11) is 0. The second kappa shape index (κ2) is 15.6. The van der Waals surface area contributed by atoms with E-state index in [1.54, 1.807) is 30.5 Å². The second-order valence-electron chi connectivity index (χ2n) is 10.3. The number of allylic oxidation sites excluding steroid dienone is 3. The zero-order chi connectivity index (χ0) is 31.4. The molecule has 0 spiro atoms. The Morgan fingerprint density at radius 1 is 1.00 bits per heavy atom. The van der Waals surface area contributed by atoms with Crippen LogP contribution in [-0.2, 0) is 14.3 Å². The van der Waals surface area contributed by atoms with E-state index in [1.807, 2.05) is 35.3 Å². The second-order valence-corrected chi connectivity index (χ2v) is 10.3. The molecule has 0 unspecified atom stereocenters. The van der Waals surface area contributed by atoms with E-state index in [0.29, 0.717) is 80.5 Å². The summed E-state index contributed by atoms with van der Waals surface area (Å²) in [5.74, 6) is -0.263. The van der Waals surface area contributed by atoms with Crippen LogP contribution in [-0.4, -0.2) is 79.9 Å². The van der Waals surface area contributed by atoms with Gasteiger partial charge in [-0.1, -0.05) is 37.4 Å². The highest BCUT2D eigenvalue weighted by atomic mass is 19.1. The predicted molar refractivity (Wildman–Crippen MR) is 177 cm³/mol. The molecule has 0 radical (unpaired) electrons. The summed E-state index contributed by atoms with van der Waals surface area (Å²) in [4.78, 5) is 25.6. The van der Waals surface area contributed by atoms with Crippen molar-refractivity contribution in [1.82, 2.24) is 14.9 Å². The van der Waals surface area contributed by atoms with Gasteiger partial charge in [-0.3, -0.25) is 4.79 Å². The van der Waals surface area contributed by atoms with Crippen molar-refractivity contribution in [2.45, 2.75) is 0 Å². The Bertz CT molecular complexity index is 1560. The van der Waals surface area contributed by atoms with Gasteiger partial charge in [0.15, 0.2) is 0 Å². The maximum absolute atomic E-state index is 14.7. The fourth-order valence-corrected chi connectivity index (χ4v) is 5.05. The third-order valence-electron chi connectivity index (χ3n) is 7.30. The number of carbonyl (C=O) groups is 1. The molecule has 3 aromatic rings. The molecule has 0 atom stereocenters. The van der Waals surface area contributed by atoms with Crippen LogP contribution in [0.5, 0.6) is 0 Å². The Morgan fingerprint density at radius 3 is 2.53 bits per heavy atom. The minimum Gasteiger partial charge on any atom is -0.379 e. The third kappa shape index (κ3) is 8.55. The molecule has 5 rings (SSSR count). The monoisotopic (exact) mass is 611 g/mol. The minimum atomic E-state index is -0.309. The number of halogens is 1. The molecule has 2 aliphatic rings. The number of ether oxygens (including phenoxy) is 2. The molecule has 1 amide bonds. The van der Waals surface area contributed by atoms with Gasteiger partial charge in [0.25, 0.3) is 0 Å². The smallest absolute Gasteiger partial charge is 0.247 e. The van der Waals surface area contributed by atoms with E-state index < -0.39 is 0 Å². The van der Waals surface area contributed by atoms with Crippen LogP contribution >= 0.6 is 0 Å². The lowest BCUT2D eigenvalue weighted by Gasteiger charge is -2.29. The maximum atomic E-state index is 14.7. The Balaban J connectivity index is 1.39. The molecular formula is C34H38FN7O3. The maximum Gasteiger partial charge on any atom is 0.247 e. The molecule has 3 heterocycles. The Hall–Kier alpha value is -5.00. The first-order valence-electron chi connectivity index (χ1n) is 14.9. The van der Waals surface area contributed by atoms with Crippen molar-refractivity contribution in [3.05, 3.63) is 104 Å². The molecule has 0 saturated carbocycles. The average Bonchev–Trinajstić information content (AvgIpc) is 3.08. The highest BCUT2D eigenvalue weighted by molar-refractivity contribution is 5.99. The number of benzene rings is 2. The number of nitrogens with one attached hydrogen (secondary N) is 3. The quantitative estimate of drug-likeness (QED) is 0.185. The molecule has 2 fully saturated rings. The number of anilines is 5. The van der Waals surface area contributed by atoms with E-state index in [9.17, 15) is 9.18 Å². The number of morpholine rings is 2. The van der Waals surface area contributed by atoms with Crippen molar-refractivity contribution in [3.63, 3.8) is 0 Å². The Labute approximate surface area is 263 Å². The van der Waals surface area contributed by atoms with Crippen LogP contribution in [0, 0.1) is 5.82 Å². The summed E-state index contributed by atoms with van der Waals surface area (Å²) >= 11 is 0. The van der Waals surface area contributed by atoms with Gasteiger partial charge >= 0.3 is 0 Å². The lowest BCUT2D eigenvalue weighted by Crippen LogP contribution is -2.36. The van der Waals surface area contributed by atoms with Gasteiger partial charge in [-0.25, -0.2) is 14.4 Å². The average molecular weight is 612 g/mol. The van der Waals surface area contributed by atoms with E-state index in [4.69, 9.17) is 14.5 Å². The van der Waals surface area contributed by atoms with E-state index in [0.717, 1.165) is 24.4 Å². The molecular weight excluding hydrogens is 573 g/mol. The summed E-state index contributed by atoms with van der Waals surface area (Å²) < 4.78 is 25.6. The first-order valence-corrected chi connectivity index (χ1v) is 14.9. The number of rotatable bonds is 12. The number of hydrogen-bond acceptors (Lipinski definition) is 9. The Kier molecular flexibility index (Phi) is 10.9. The third-order valence-corrected chi connectivity index (χ3v) is 7.30. The molecule has 45 heavy (non-hydrogen) atoms. The van der Waals surface area contributed by atoms with Crippen LogP contribution in [0.25, 0.3) is 11.3 Å². The molecule has 234 valence electrons. The topological polar surface area (TPSA) is 104 Å². The van der Waals surface area contributed by atoms with Crippen LogP contribution < -0.4 is 20.9 Å². The van der Waals surface area contributed by atoms with Crippen molar-refractivity contribution >= 4 is 34.6 Å². The molecule has 1 aromatic heterocycles. The molecule has 2 aromatic carbocycles. The highest BCUT2D eigenvalue weighted by Gasteiger charge is 2.17. The van der Waals surface area contributed by atoms with Gasteiger partial charge in [0.1, 0.15) is 5.82 Å². The summed E-state index contributed by atoms with van der Waals surface area (Å²) in [6, 6.07) is 12.2. The fourth-order valence-electron chi connectivity index (χ4n) is 5.05. The van der Waals surface area contributed by atoms with Gasteiger partial charge in [0.2, 0.25) is 11.9 Å². The van der Waals surface area contributed by atoms with Crippen LogP contribution in [0.3, 0.4) is 0 Å². The van der Waals surface area contributed by atoms with E-state index in [-0.39, 0.29) is 11.7 Å². The molecule has 0 bridgehead atoms. The highest BCUT2D eigenvalue weighted by Crippen LogP contribution is 2.31. The zero-order valence-electron chi connectivity index (χ0n) is 25.2. The lowest BCUT2D eigenvalue weighted by molar-refractivity contribution is -0.111. The number of aromatic nitrogens is 2. The van der Waals surface area contributed by atoms with Crippen molar-refractivity contribution < 1.29 is 18.7 Å².